The second kappa shape index (κ2) is 9.37. The highest BCUT2D eigenvalue weighted by atomic mass is 16.5. The van der Waals surface area contributed by atoms with E-state index < -0.39 is 0 Å². The normalized spacial score (nSPS) is 10.2. The average molecular weight is 374 g/mol. The van der Waals surface area contributed by atoms with Crippen LogP contribution < -0.4 is 15.0 Å². The molecule has 142 valence electrons. The summed E-state index contributed by atoms with van der Waals surface area (Å²) in [5, 5.41) is 2.76. The molecular formula is C23H22N2O3. The van der Waals surface area contributed by atoms with Gasteiger partial charge in [-0.1, -0.05) is 36.4 Å². The number of para-hydroxylation sites is 2. The van der Waals surface area contributed by atoms with Crippen molar-refractivity contribution in [1.82, 2.24) is 0 Å². The summed E-state index contributed by atoms with van der Waals surface area (Å²) in [6.07, 6.45) is 0. The van der Waals surface area contributed by atoms with Gasteiger partial charge >= 0.3 is 0 Å². The molecule has 1 N–H and O–H groups in total. The smallest absolute Gasteiger partial charge is 0.262 e. The molecule has 0 spiro atoms. The summed E-state index contributed by atoms with van der Waals surface area (Å²) >= 11 is 0. The summed E-state index contributed by atoms with van der Waals surface area (Å²) in [5.41, 5.74) is 2.02. The molecule has 0 bridgehead atoms. The predicted octanol–water partition coefficient (Wildman–Crippen LogP) is 4.37. The predicted molar refractivity (Wildman–Crippen MR) is 111 cm³/mol. The molecule has 3 aromatic rings. The van der Waals surface area contributed by atoms with Gasteiger partial charge in [0, 0.05) is 23.5 Å². The molecule has 5 nitrogen and oxygen atoms in total. The maximum absolute atomic E-state index is 12.8. The number of amides is 2. The summed E-state index contributed by atoms with van der Waals surface area (Å²) < 4.78 is 5.42. The van der Waals surface area contributed by atoms with Gasteiger partial charge in [-0.2, -0.15) is 0 Å². The Morgan fingerprint density at radius 1 is 0.857 bits per heavy atom. The van der Waals surface area contributed by atoms with Crippen LogP contribution >= 0.6 is 0 Å². The fourth-order valence-corrected chi connectivity index (χ4v) is 2.77. The van der Waals surface area contributed by atoms with Crippen LogP contribution in [0.2, 0.25) is 0 Å². The second-order valence-corrected chi connectivity index (χ2v) is 6.11. The number of hydrogen-bond acceptors (Lipinski definition) is 3. The molecule has 0 aliphatic carbocycles. The van der Waals surface area contributed by atoms with Gasteiger partial charge in [0.1, 0.15) is 5.75 Å². The van der Waals surface area contributed by atoms with Gasteiger partial charge < -0.3 is 15.0 Å². The molecule has 0 aliphatic heterocycles. The topological polar surface area (TPSA) is 58.6 Å². The number of hydrogen-bond donors (Lipinski definition) is 1. The maximum atomic E-state index is 12.8. The first kappa shape index (κ1) is 19.2. The lowest BCUT2D eigenvalue weighted by Crippen LogP contribution is -2.30. The van der Waals surface area contributed by atoms with Crippen LogP contribution in [0, 0.1) is 0 Å². The van der Waals surface area contributed by atoms with Crippen LogP contribution in [0.25, 0.3) is 0 Å². The second-order valence-electron chi connectivity index (χ2n) is 6.11. The van der Waals surface area contributed by atoms with E-state index in [2.05, 4.69) is 5.32 Å². The first-order valence-corrected chi connectivity index (χ1v) is 9.12. The van der Waals surface area contributed by atoms with E-state index in [0.29, 0.717) is 23.5 Å². The molecule has 0 unspecified atom stereocenters. The average Bonchev–Trinajstić information content (AvgIpc) is 2.75. The molecule has 0 heterocycles. The Morgan fingerprint density at radius 2 is 1.46 bits per heavy atom. The van der Waals surface area contributed by atoms with E-state index in [-0.39, 0.29) is 18.4 Å². The Hall–Kier alpha value is -3.60. The van der Waals surface area contributed by atoms with Crippen molar-refractivity contribution in [2.75, 3.05) is 23.4 Å². The van der Waals surface area contributed by atoms with Crippen molar-refractivity contribution in [3.63, 3.8) is 0 Å². The summed E-state index contributed by atoms with van der Waals surface area (Å²) in [4.78, 5) is 26.5. The minimum Gasteiger partial charge on any atom is -0.484 e. The van der Waals surface area contributed by atoms with Gasteiger partial charge in [0.15, 0.2) is 6.61 Å². The monoisotopic (exact) mass is 374 g/mol. The quantitative estimate of drug-likeness (QED) is 0.668. The number of carbonyl (C=O) groups is 2. The van der Waals surface area contributed by atoms with Gasteiger partial charge in [0.2, 0.25) is 0 Å². The van der Waals surface area contributed by atoms with Crippen molar-refractivity contribution in [3.05, 3.63) is 90.5 Å². The molecule has 3 rings (SSSR count). The van der Waals surface area contributed by atoms with Crippen LogP contribution in [0.15, 0.2) is 84.9 Å². The summed E-state index contributed by atoms with van der Waals surface area (Å²) in [7, 11) is 0. The Labute approximate surface area is 164 Å². The van der Waals surface area contributed by atoms with E-state index in [1.165, 1.54) is 0 Å². The van der Waals surface area contributed by atoms with Crippen molar-refractivity contribution < 1.29 is 14.3 Å². The number of anilines is 2. The molecule has 0 fully saturated rings. The number of nitrogens with zero attached hydrogens (tertiary/aromatic N) is 1. The van der Waals surface area contributed by atoms with E-state index in [0.717, 1.165) is 5.69 Å². The molecule has 0 saturated carbocycles. The van der Waals surface area contributed by atoms with Gasteiger partial charge in [0.25, 0.3) is 11.8 Å². The highest BCUT2D eigenvalue weighted by Gasteiger charge is 2.16. The van der Waals surface area contributed by atoms with Crippen LogP contribution in [0.4, 0.5) is 11.4 Å². The van der Waals surface area contributed by atoms with Crippen LogP contribution in [0.5, 0.6) is 5.75 Å². The van der Waals surface area contributed by atoms with Gasteiger partial charge in [-0.25, -0.2) is 0 Å². The third kappa shape index (κ3) is 4.98. The summed E-state index contributed by atoms with van der Waals surface area (Å²) in [5.74, 6) is 0.292. The van der Waals surface area contributed by atoms with Gasteiger partial charge in [-0.15, -0.1) is 0 Å². The summed E-state index contributed by atoms with van der Waals surface area (Å²) in [6.45, 7) is 2.42. The standard InChI is InChI=1S/C23H22N2O3/c1-2-25(20-9-5-3-6-10-20)23(27)18-13-15-19(16-14-18)24-22(26)17-28-21-11-7-4-8-12-21/h3-16H,2,17H2,1H3,(H,24,26). The highest BCUT2D eigenvalue weighted by Crippen LogP contribution is 2.18. The minimum atomic E-state index is -0.262. The van der Waals surface area contributed by atoms with Crippen molar-refractivity contribution in [2.45, 2.75) is 6.92 Å². The van der Waals surface area contributed by atoms with E-state index in [4.69, 9.17) is 4.74 Å². The zero-order chi connectivity index (χ0) is 19.8. The molecule has 0 radical (unpaired) electrons. The van der Waals surface area contributed by atoms with Gasteiger partial charge in [-0.3, -0.25) is 9.59 Å². The Morgan fingerprint density at radius 3 is 2.07 bits per heavy atom. The Bertz CT molecular complexity index is 910. The van der Waals surface area contributed by atoms with Crippen molar-refractivity contribution in [2.24, 2.45) is 0 Å². The molecule has 0 aromatic heterocycles. The molecular weight excluding hydrogens is 352 g/mol. The van der Waals surface area contributed by atoms with Crippen molar-refractivity contribution in [1.29, 1.82) is 0 Å². The molecule has 0 aliphatic rings. The molecule has 0 saturated heterocycles. The van der Waals surface area contributed by atoms with Crippen LogP contribution in [0.3, 0.4) is 0 Å². The molecule has 2 amide bonds. The molecule has 0 atom stereocenters. The van der Waals surface area contributed by atoms with Crippen molar-refractivity contribution in [3.8, 4) is 5.75 Å². The first-order chi connectivity index (χ1) is 13.7. The zero-order valence-corrected chi connectivity index (χ0v) is 15.7. The molecule has 5 heteroatoms. The molecule has 3 aromatic carbocycles. The minimum absolute atomic E-state index is 0.0810. The third-order valence-electron chi connectivity index (χ3n) is 4.16. The zero-order valence-electron chi connectivity index (χ0n) is 15.7. The molecule has 28 heavy (non-hydrogen) atoms. The van der Waals surface area contributed by atoms with Crippen LogP contribution in [0.1, 0.15) is 17.3 Å². The third-order valence-corrected chi connectivity index (χ3v) is 4.16. The van der Waals surface area contributed by atoms with Gasteiger partial charge in [0.05, 0.1) is 0 Å². The number of nitrogens with one attached hydrogen (secondary N) is 1. The number of carbonyl (C=O) groups excluding carboxylic acids is 2. The Kier molecular flexibility index (Phi) is 6.41. The fraction of sp³-hybridized carbons (Fsp3) is 0.130. The Balaban J connectivity index is 1.59. The van der Waals surface area contributed by atoms with Crippen LogP contribution in [-0.2, 0) is 4.79 Å². The number of rotatable bonds is 7. The van der Waals surface area contributed by atoms with Gasteiger partial charge in [-0.05, 0) is 55.5 Å². The lowest BCUT2D eigenvalue weighted by atomic mass is 10.1. The maximum Gasteiger partial charge on any atom is 0.262 e. The summed E-state index contributed by atoms with van der Waals surface area (Å²) in [6, 6.07) is 25.5. The number of benzene rings is 3. The van der Waals surface area contributed by atoms with E-state index in [1.807, 2.05) is 55.5 Å². The van der Waals surface area contributed by atoms with E-state index in [9.17, 15) is 9.59 Å². The first-order valence-electron chi connectivity index (χ1n) is 9.12. The van der Waals surface area contributed by atoms with Crippen molar-refractivity contribution >= 4 is 23.2 Å². The number of ether oxygens (including phenoxy) is 1. The lowest BCUT2D eigenvalue weighted by Gasteiger charge is -2.21. The highest BCUT2D eigenvalue weighted by molar-refractivity contribution is 6.06. The van der Waals surface area contributed by atoms with Crippen LogP contribution in [-0.4, -0.2) is 25.0 Å². The van der Waals surface area contributed by atoms with E-state index in [1.54, 1.807) is 41.3 Å². The SMILES string of the molecule is CCN(C(=O)c1ccc(NC(=O)COc2ccccc2)cc1)c1ccccc1. The van der Waals surface area contributed by atoms with E-state index >= 15 is 0 Å². The lowest BCUT2D eigenvalue weighted by molar-refractivity contribution is -0.118. The largest absolute Gasteiger partial charge is 0.484 e. The fourth-order valence-electron chi connectivity index (χ4n) is 2.77.